The van der Waals surface area contributed by atoms with E-state index in [1.165, 1.54) is 5.56 Å². The molecule has 1 aliphatic rings. The summed E-state index contributed by atoms with van der Waals surface area (Å²) in [5.41, 5.74) is 2.88. The lowest BCUT2D eigenvalue weighted by Crippen LogP contribution is -2.50. The first-order valence-electron chi connectivity index (χ1n) is 6.74. The van der Waals surface area contributed by atoms with Gasteiger partial charge in [0.15, 0.2) is 0 Å². The van der Waals surface area contributed by atoms with Gasteiger partial charge in [0.05, 0.1) is 0 Å². The number of anilines is 2. The van der Waals surface area contributed by atoms with Crippen LogP contribution in [0.5, 0.6) is 0 Å². The van der Waals surface area contributed by atoms with Gasteiger partial charge in [-0.25, -0.2) is 0 Å². The van der Waals surface area contributed by atoms with Crippen LogP contribution in [0.25, 0.3) is 0 Å². The van der Waals surface area contributed by atoms with Crippen molar-refractivity contribution >= 4 is 17.3 Å². The molecule has 2 N–H and O–H groups in total. The summed E-state index contributed by atoms with van der Waals surface area (Å²) in [7, 11) is 1.89. The number of aryl methyl sites for hydroxylation is 1. The Balaban J connectivity index is 2.43. The van der Waals surface area contributed by atoms with Crippen LogP contribution in [-0.4, -0.2) is 30.2 Å². The molecule has 104 valence electrons. The summed E-state index contributed by atoms with van der Waals surface area (Å²) >= 11 is 0. The molecule has 4 nitrogen and oxygen atoms in total. The molecule has 1 aromatic carbocycles. The molecule has 0 aromatic heterocycles. The van der Waals surface area contributed by atoms with E-state index < -0.39 is 0 Å². The number of rotatable bonds is 4. The van der Waals surface area contributed by atoms with E-state index in [1.54, 1.807) is 0 Å². The van der Waals surface area contributed by atoms with Crippen LogP contribution in [0, 0.1) is 0 Å². The van der Waals surface area contributed by atoms with Crippen LogP contribution in [0.3, 0.4) is 0 Å². The zero-order chi connectivity index (χ0) is 14.0. The quantitative estimate of drug-likeness (QED) is 0.874. The van der Waals surface area contributed by atoms with Crippen molar-refractivity contribution in [2.75, 3.05) is 23.9 Å². The van der Waals surface area contributed by atoms with Gasteiger partial charge in [0.1, 0.15) is 0 Å². The summed E-state index contributed by atoms with van der Waals surface area (Å²) in [5.74, 6) is 0.142. The van der Waals surface area contributed by atoms with Gasteiger partial charge in [-0.1, -0.05) is 0 Å². The van der Waals surface area contributed by atoms with Gasteiger partial charge in [-0.15, -0.1) is 0 Å². The van der Waals surface area contributed by atoms with E-state index in [4.69, 9.17) is 0 Å². The van der Waals surface area contributed by atoms with Crippen molar-refractivity contribution in [2.45, 2.75) is 38.6 Å². The number of aliphatic hydroxyl groups is 1. The number of carbonyl (C=O) groups is 1. The van der Waals surface area contributed by atoms with E-state index >= 15 is 0 Å². The smallest absolute Gasteiger partial charge is 0.227 e. The van der Waals surface area contributed by atoms with E-state index in [0.29, 0.717) is 12.8 Å². The van der Waals surface area contributed by atoms with Gasteiger partial charge in [0.2, 0.25) is 5.91 Å². The summed E-state index contributed by atoms with van der Waals surface area (Å²) < 4.78 is 0. The number of carbonyl (C=O) groups excluding carboxylic acids is 1. The third-order valence-corrected chi connectivity index (χ3v) is 3.80. The number of nitrogens with zero attached hydrogens (tertiary/aromatic N) is 1. The maximum atomic E-state index is 12.3. The SMILES string of the molecule is CNc1ccc2c(c1)CCC(=O)N2C(C)(C)CCO. The summed E-state index contributed by atoms with van der Waals surface area (Å²) in [6, 6.07) is 6.08. The second kappa shape index (κ2) is 5.21. The Labute approximate surface area is 114 Å². The van der Waals surface area contributed by atoms with E-state index in [2.05, 4.69) is 11.4 Å². The highest BCUT2D eigenvalue weighted by atomic mass is 16.3. The minimum atomic E-state index is -0.359. The number of aliphatic hydroxyl groups excluding tert-OH is 1. The van der Waals surface area contributed by atoms with Gasteiger partial charge in [-0.05, 0) is 50.5 Å². The molecule has 0 bridgehead atoms. The average Bonchev–Trinajstić information content (AvgIpc) is 2.37. The van der Waals surface area contributed by atoms with Crippen LogP contribution in [0.1, 0.15) is 32.3 Å². The topological polar surface area (TPSA) is 52.6 Å². The molecule has 1 aliphatic heterocycles. The van der Waals surface area contributed by atoms with E-state index in [0.717, 1.165) is 17.8 Å². The van der Waals surface area contributed by atoms with Crippen LogP contribution >= 0.6 is 0 Å². The molecule has 4 heteroatoms. The number of benzene rings is 1. The van der Waals surface area contributed by atoms with Gasteiger partial charge in [-0.2, -0.15) is 0 Å². The minimum Gasteiger partial charge on any atom is -0.396 e. The van der Waals surface area contributed by atoms with Gasteiger partial charge in [0.25, 0.3) is 0 Å². The second-order valence-electron chi connectivity index (χ2n) is 5.61. The molecule has 0 saturated carbocycles. The summed E-state index contributed by atoms with van der Waals surface area (Å²) in [5, 5.41) is 12.3. The van der Waals surface area contributed by atoms with Crippen LogP contribution in [0.15, 0.2) is 18.2 Å². The maximum absolute atomic E-state index is 12.3. The van der Waals surface area contributed by atoms with Crippen LogP contribution in [-0.2, 0) is 11.2 Å². The van der Waals surface area contributed by atoms with Crippen molar-refractivity contribution in [3.8, 4) is 0 Å². The average molecular weight is 262 g/mol. The fourth-order valence-corrected chi connectivity index (χ4v) is 2.70. The van der Waals surface area contributed by atoms with Crippen LogP contribution in [0.4, 0.5) is 11.4 Å². The predicted molar refractivity (Wildman–Crippen MR) is 77.6 cm³/mol. The molecule has 0 aliphatic carbocycles. The molecular weight excluding hydrogens is 240 g/mol. The highest BCUT2D eigenvalue weighted by molar-refractivity contribution is 5.98. The number of hydrogen-bond donors (Lipinski definition) is 2. The number of fused-ring (bicyclic) bond motifs is 1. The van der Waals surface area contributed by atoms with E-state index in [9.17, 15) is 9.90 Å². The lowest BCUT2D eigenvalue weighted by atomic mass is 9.91. The Morgan fingerprint density at radius 2 is 2.11 bits per heavy atom. The molecule has 0 spiro atoms. The Kier molecular flexibility index (Phi) is 3.80. The van der Waals surface area contributed by atoms with Crippen molar-refractivity contribution in [3.63, 3.8) is 0 Å². The molecule has 19 heavy (non-hydrogen) atoms. The number of hydrogen-bond acceptors (Lipinski definition) is 3. The zero-order valence-corrected chi connectivity index (χ0v) is 11.9. The largest absolute Gasteiger partial charge is 0.396 e. The Morgan fingerprint density at radius 3 is 2.74 bits per heavy atom. The highest BCUT2D eigenvalue weighted by Gasteiger charge is 2.35. The zero-order valence-electron chi connectivity index (χ0n) is 11.9. The van der Waals surface area contributed by atoms with Crippen molar-refractivity contribution < 1.29 is 9.90 Å². The van der Waals surface area contributed by atoms with Crippen LogP contribution < -0.4 is 10.2 Å². The molecule has 0 fully saturated rings. The van der Waals surface area contributed by atoms with Crippen LogP contribution in [0.2, 0.25) is 0 Å². The Morgan fingerprint density at radius 1 is 1.37 bits per heavy atom. The third-order valence-electron chi connectivity index (χ3n) is 3.80. The molecule has 0 saturated heterocycles. The summed E-state index contributed by atoms with van der Waals surface area (Å²) in [6.07, 6.45) is 1.90. The minimum absolute atomic E-state index is 0.0840. The first-order chi connectivity index (χ1) is 8.99. The molecule has 2 rings (SSSR count). The second-order valence-corrected chi connectivity index (χ2v) is 5.61. The number of amides is 1. The maximum Gasteiger partial charge on any atom is 0.227 e. The molecular formula is C15H22N2O2. The fourth-order valence-electron chi connectivity index (χ4n) is 2.70. The third kappa shape index (κ3) is 2.59. The molecule has 1 amide bonds. The molecule has 1 aromatic rings. The van der Waals surface area contributed by atoms with E-state index in [-0.39, 0.29) is 18.1 Å². The standard InChI is InChI=1S/C15H22N2O2/c1-15(2,8-9-18)17-13-6-5-12(16-3)10-11(13)4-7-14(17)19/h5-6,10,16,18H,4,7-9H2,1-3H3. The van der Waals surface area contributed by atoms with Crippen molar-refractivity contribution in [1.29, 1.82) is 0 Å². The highest BCUT2D eigenvalue weighted by Crippen LogP contribution is 2.36. The fraction of sp³-hybridized carbons (Fsp3) is 0.533. The van der Waals surface area contributed by atoms with E-state index in [1.807, 2.05) is 37.9 Å². The lowest BCUT2D eigenvalue weighted by molar-refractivity contribution is -0.120. The lowest BCUT2D eigenvalue weighted by Gasteiger charge is -2.42. The monoisotopic (exact) mass is 262 g/mol. The first kappa shape index (κ1) is 13.9. The van der Waals surface area contributed by atoms with Gasteiger partial charge in [0, 0.05) is 37.0 Å². The van der Waals surface area contributed by atoms with Crippen molar-refractivity contribution in [2.24, 2.45) is 0 Å². The van der Waals surface area contributed by atoms with Crippen molar-refractivity contribution in [1.82, 2.24) is 0 Å². The van der Waals surface area contributed by atoms with Gasteiger partial charge < -0.3 is 15.3 Å². The first-order valence-corrected chi connectivity index (χ1v) is 6.74. The van der Waals surface area contributed by atoms with Gasteiger partial charge in [-0.3, -0.25) is 4.79 Å². The van der Waals surface area contributed by atoms with Gasteiger partial charge >= 0.3 is 0 Å². The number of nitrogens with one attached hydrogen (secondary N) is 1. The normalized spacial score (nSPS) is 15.4. The Hall–Kier alpha value is -1.55. The Bertz CT molecular complexity index is 483. The molecule has 1 heterocycles. The molecule has 0 radical (unpaired) electrons. The van der Waals surface area contributed by atoms with Crippen molar-refractivity contribution in [3.05, 3.63) is 23.8 Å². The molecule has 0 atom stereocenters. The summed E-state index contributed by atoms with van der Waals surface area (Å²) in [4.78, 5) is 14.1. The molecule has 0 unspecified atom stereocenters. The predicted octanol–water partition coefficient (Wildman–Crippen LogP) is 2.17. The summed E-state index contributed by atoms with van der Waals surface area (Å²) in [6.45, 7) is 4.09.